The van der Waals surface area contributed by atoms with Crippen molar-refractivity contribution in [3.63, 3.8) is 0 Å². The predicted octanol–water partition coefficient (Wildman–Crippen LogP) is 3.51. The number of nitrogens with one attached hydrogen (secondary N) is 1. The molecular formula is C22H22N4O3S2. The summed E-state index contributed by atoms with van der Waals surface area (Å²) in [5.74, 6) is 0.262. The lowest BCUT2D eigenvalue weighted by Crippen LogP contribution is -2.37. The van der Waals surface area contributed by atoms with Gasteiger partial charge in [0, 0.05) is 37.5 Å². The third-order valence-corrected chi connectivity index (χ3v) is 8.06. The van der Waals surface area contributed by atoms with E-state index >= 15 is 0 Å². The lowest BCUT2D eigenvalue weighted by Gasteiger charge is -2.31. The molecule has 1 aliphatic rings. The predicted molar refractivity (Wildman–Crippen MR) is 119 cm³/mol. The molecule has 1 fully saturated rings. The molecule has 1 N–H and O–H groups in total. The Balaban J connectivity index is 1.37. The molecule has 1 saturated heterocycles. The maximum absolute atomic E-state index is 12.9. The number of thiazole rings is 1. The van der Waals surface area contributed by atoms with Gasteiger partial charge < -0.3 is 4.90 Å². The molecule has 0 atom stereocenters. The zero-order valence-electron chi connectivity index (χ0n) is 16.8. The first-order chi connectivity index (χ1) is 15.0. The van der Waals surface area contributed by atoms with E-state index in [-0.39, 0.29) is 23.8 Å². The van der Waals surface area contributed by atoms with Crippen LogP contribution in [0.15, 0.2) is 53.4 Å². The molecule has 0 unspecified atom stereocenters. The number of piperidine rings is 1. The topological polar surface area (TPSA) is 103 Å². The van der Waals surface area contributed by atoms with Gasteiger partial charge in [-0.1, -0.05) is 12.1 Å². The number of likely N-dealkylation sites (tertiary alicyclic amines) is 1. The van der Waals surface area contributed by atoms with Crippen molar-refractivity contribution < 1.29 is 13.2 Å². The van der Waals surface area contributed by atoms with E-state index in [4.69, 9.17) is 10.2 Å². The Bertz CT molecular complexity index is 1190. The molecular weight excluding hydrogens is 432 g/mol. The number of aromatic nitrogens is 1. The highest BCUT2D eigenvalue weighted by molar-refractivity contribution is 7.89. The van der Waals surface area contributed by atoms with E-state index in [0.717, 1.165) is 23.4 Å². The number of hydrogen-bond donors (Lipinski definition) is 1. The van der Waals surface area contributed by atoms with Crippen LogP contribution in [-0.4, -0.2) is 43.8 Å². The summed E-state index contributed by atoms with van der Waals surface area (Å²) in [6, 6.07) is 15.9. The molecule has 160 valence electrons. The monoisotopic (exact) mass is 454 g/mol. The molecule has 1 aromatic heterocycles. The fourth-order valence-electron chi connectivity index (χ4n) is 3.68. The van der Waals surface area contributed by atoms with E-state index in [9.17, 15) is 13.2 Å². The van der Waals surface area contributed by atoms with Crippen molar-refractivity contribution in [2.24, 2.45) is 0 Å². The van der Waals surface area contributed by atoms with Crippen LogP contribution >= 0.6 is 11.3 Å². The van der Waals surface area contributed by atoms with E-state index in [1.165, 1.54) is 16.8 Å². The maximum Gasteiger partial charge on any atom is 0.253 e. The molecule has 3 aromatic rings. The Hall–Kier alpha value is -2.80. The van der Waals surface area contributed by atoms with Crippen molar-refractivity contribution in [2.75, 3.05) is 19.6 Å². The van der Waals surface area contributed by atoms with E-state index in [2.05, 4.69) is 10.8 Å². The summed E-state index contributed by atoms with van der Waals surface area (Å²) in [4.78, 5) is 19.5. The molecule has 0 saturated carbocycles. The number of fused-ring (bicyclic) bond motifs is 1. The molecule has 2 heterocycles. The van der Waals surface area contributed by atoms with Gasteiger partial charge in [0.1, 0.15) is 0 Å². The minimum absolute atomic E-state index is 0.0586. The van der Waals surface area contributed by atoms with Gasteiger partial charge in [-0.25, -0.2) is 18.1 Å². The highest BCUT2D eigenvalue weighted by Gasteiger charge is 2.26. The molecule has 0 bridgehead atoms. The smallest absolute Gasteiger partial charge is 0.253 e. The number of sulfonamides is 1. The van der Waals surface area contributed by atoms with Crippen molar-refractivity contribution in [2.45, 2.75) is 30.1 Å². The van der Waals surface area contributed by atoms with Crippen molar-refractivity contribution in [3.05, 3.63) is 59.1 Å². The number of hydrogen-bond acceptors (Lipinski definition) is 6. The number of carbonyl (C=O) groups excluding carboxylic acids is 1. The second-order valence-corrected chi connectivity index (χ2v) is 10.2. The average Bonchev–Trinajstić information content (AvgIpc) is 3.23. The van der Waals surface area contributed by atoms with Gasteiger partial charge in [-0.2, -0.15) is 5.26 Å². The maximum atomic E-state index is 12.9. The third-order valence-electron chi connectivity index (χ3n) is 5.38. The highest BCUT2D eigenvalue weighted by atomic mass is 32.2. The number of benzene rings is 2. The van der Waals surface area contributed by atoms with Crippen molar-refractivity contribution >= 4 is 37.5 Å². The minimum Gasteiger partial charge on any atom is -0.339 e. The second kappa shape index (κ2) is 9.14. The summed E-state index contributed by atoms with van der Waals surface area (Å²) < 4.78 is 28.0. The van der Waals surface area contributed by atoms with Gasteiger partial charge >= 0.3 is 0 Å². The fraction of sp³-hybridized carbons (Fsp3) is 0.318. The number of rotatable bonds is 6. The first-order valence-corrected chi connectivity index (χ1v) is 12.4. The quantitative estimate of drug-likeness (QED) is 0.574. The normalized spacial score (nSPS) is 15.1. The largest absolute Gasteiger partial charge is 0.339 e. The molecule has 0 spiro atoms. The van der Waals surface area contributed by atoms with E-state index in [0.29, 0.717) is 24.6 Å². The van der Waals surface area contributed by atoms with Crippen LogP contribution in [0.25, 0.3) is 10.2 Å². The van der Waals surface area contributed by atoms with Crippen LogP contribution in [0.3, 0.4) is 0 Å². The summed E-state index contributed by atoms with van der Waals surface area (Å²) >= 11 is 1.73. The average molecular weight is 455 g/mol. The number of carbonyl (C=O) groups is 1. The van der Waals surface area contributed by atoms with Crippen LogP contribution in [0.2, 0.25) is 0 Å². The minimum atomic E-state index is -3.68. The molecule has 9 heteroatoms. The van der Waals surface area contributed by atoms with Crippen LogP contribution in [0.5, 0.6) is 0 Å². The van der Waals surface area contributed by atoms with Crippen LogP contribution in [-0.2, 0) is 10.0 Å². The van der Waals surface area contributed by atoms with Gasteiger partial charge in [-0.15, -0.1) is 11.3 Å². The van der Waals surface area contributed by atoms with E-state index < -0.39 is 10.0 Å². The fourth-order valence-corrected chi connectivity index (χ4v) is 5.85. The van der Waals surface area contributed by atoms with Gasteiger partial charge in [0.25, 0.3) is 5.91 Å². The molecule has 2 aromatic carbocycles. The molecule has 31 heavy (non-hydrogen) atoms. The van der Waals surface area contributed by atoms with Crippen molar-refractivity contribution in [3.8, 4) is 6.07 Å². The third kappa shape index (κ3) is 4.77. The van der Waals surface area contributed by atoms with Crippen molar-refractivity contribution in [1.82, 2.24) is 14.6 Å². The summed E-state index contributed by atoms with van der Waals surface area (Å²) in [7, 11) is -3.68. The second-order valence-electron chi connectivity index (χ2n) is 7.42. The molecule has 4 rings (SSSR count). The van der Waals surface area contributed by atoms with Crippen LogP contribution in [0, 0.1) is 11.3 Å². The summed E-state index contributed by atoms with van der Waals surface area (Å²) in [6.45, 7) is 1.35. The van der Waals surface area contributed by atoms with E-state index in [1.807, 2.05) is 29.2 Å². The summed E-state index contributed by atoms with van der Waals surface area (Å²) in [6.07, 6.45) is 1.82. The Morgan fingerprint density at radius 1 is 1.16 bits per heavy atom. The Labute approximate surface area is 185 Å². The number of nitriles is 1. The van der Waals surface area contributed by atoms with Crippen LogP contribution < -0.4 is 4.72 Å². The number of amides is 1. The summed E-state index contributed by atoms with van der Waals surface area (Å²) in [5, 5.41) is 9.67. The highest BCUT2D eigenvalue weighted by Crippen LogP contribution is 2.34. The SMILES string of the molecule is N#CCCNS(=O)(=O)c1ccc(C(=O)N2CCC(c3nc4ccccc4s3)CC2)cc1. The Morgan fingerprint density at radius 3 is 2.55 bits per heavy atom. The molecule has 0 radical (unpaired) electrons. The zero-order chi connectivity index (χ0) is 21.8. The molecule has 1 amide bonds. The van der Waals surface area contributed by atoms with Crippen molar-refractivity contribution in [1.29, 1.82) is 5.26 Å². The van der Waals surface area contributed by atoms with Gasteiger partial charge in [-0.05, 0) is 49.2 Å². The van der Waals surface area contributed by atoms with Gasteiger partial charge in [0.15, 0.2) is 0 Å². The Morgan fingerprint density at radius 2 is 1.87 bits per heavy atom. The van der Waals surface area contributed by atoms with E-state index in [1.54, 1.807) is 23.5 Å². The van der Waals surface area contributed by atoms with Gasteiger partial charge in [0.2, 0.25) is 10.0 Å². The zero-order valence-corrected chi connectivity index (χ0v) is 18.5. The standard InChI is InChI=1S/C22H22N4O3S2/c23-12-3-13-24-31(28,29)18-8-6-17(7-9-18)22(27)26-14-10-16(11-15-26)21-25-19-4-1-2-5-20(19)30-21/h1-2,4-9,16,24H,3,10-11,13-15H2. The van der Waals surface area contributed by atoms with Crippen LogP contribution in [0.4, 0.5) is 0 Å². The number of nitrogens with zero attached hydrogens (tertiary/aromatic N) is 3. The molecule has 7 nitrogen and oxygen atoms in total. The number of para-hydroxylation sites is 1. The van der Waals surface area contributed by atoms with Crippen LogP contribution in [0.1, 0.15) is 40.5 Å². The lowest BCUT2D eigenvalue weighted by molar-refractivity contribution is 0.0713. The van der Waals surface area contributed by atoms with Gasteiger partial charge in [0.05, 0.1) is 26.2 Å². The van der Waals surface area contributed by atoms with Gasteiger partial charge in [-0.3, -0.25) is 4.79 Å². The lowest BCUT2D eigenvalue weighted by atomic mass is 9.97. The first kappa shape index (κ1) is 21.4. The Kier molecular flexibility index (Phi) is 6.32. The molecule has 0 aliphatic carbocycles. The summed E-state index contributed by atoms with van der Waals surface area (Å²) in [5.41, 5.74) is 1.49. The molecule has 1 aliphatic heterocycles. The first-order valence-electron chi connectivity index (χ1n) is 10.1.